The minimum absolute atomic E-state index is 0.0364. The zero-order valence-corrected chi connectivity index (χ0v) is 12.6. The number of carbonyl (C=O) groups is 1. The fourth-order valence-electron chi connectivity index (χ4n) is 2.47. The van der Waals surface area contributed by atoms with Gasteiger partial charge in [-0.3, -0.25) is 4.79 Å². The molecule has 22 heavy (non-hydrogen) atoms. The molecule has 1 fully saturated rings. The lowest BCUT2D eigenvalue weighted by Crippen LogP contribution is -2.54. The summed E-state index contributed by atoms with van der Waals surface area (Å²) in [6.07, 6.45) is -3.64. The van der Waals surface area contributed by atoms with Gasteiger partial charge >= 0.3 is 6.18 Å². The van der Waals surface area contributed by atoms with Crippen molar-refractivity contribution in [2.24, 2.45) is 5.92 Å². The molecule has 0 amide bonds. The summed E-state index contributed by atoms with van der Waals surface area (Å²) in [4.78, 5) is 11.8. The lowest BCUT2D eigenvalue weighted by molar-refractivity contribution is -0.282. The van der Waals surface area contributed by atoms with E-state index in [4.69, 9.17) is 4.74 Å². The van der Waals surface area contributed by atoms with Gasteiger partial charge in [-0.2, -0.15) is 13.2 Å². The van der Waals surface area contributed by atoms with Crippen molar-refractivity contribution in [3.8, 4) is 0 Å². The molecule has 2 nitrogen and oxygen atoms in total. The van der Waals surface area contributed by atoms with E-state index in [0.717, 1.165) is 6.08 Å². The monoisotopic (exact) mass is 312 g/mol. The maximum Gasteiger partial charge on any atom is 0.421 e. The summed E-state index contributed by atoms with van der Waals surface area (Å²) in [5.41, 5.74) is -1.90. The second-order valence-corrected chi connectivity index (χ2v) is 5.95. The average Bonchev–Trinajstić information content (AvgIpc) is 2.44. The van der Waals surface area contributed by atoms with Crippen molar-refractivity contribution in [1.29, 1.82) is 0 Å². The fourth-order valence-corrected chi connectivity index (χ4v) is 2.47. The molecule has 5 heteroatoms. The van der Waals surface area contributed by atoms with Gasteiger partial charge in [0.2, 0.25) is 0 Å². The van der Waals surface area contributed by atoms with E-state index in [1.165, 1.54) is 6.08 Å². The molecular weight excluding hydrogens is 293 g/mol. The Bertz CT molecular complexity index is 549. The lowest BCUT2D eigenvalue weighted by atomic mass is 9.86. The van der Waals surface area contributed by atoms with Gasteiger partial charge in [0.1, 0.15) is 5.78 Å². The van der Waals surface area contributed by atoms with E-state index in [1.54, 1.807) is 44.2 Å². The third-order valence-corrected chi connectivity index (χ3v) is 3.82. The predicted molar refractivity (Wildman–Crippen MR) is 78.2 cm³/mol. The number of hydrogen-bond acceptors (Lipinski definition) is 2. The van der Waals surface area contributed by atoms with E-state index >= 15 is 0 Å². The Labute approximate surface area is 128 Å². The highest BCUT2D eigenvalue weighted by Crippen LogP contribution is 2.43. The number of rotatable bonds is 3. The second kappa shape index (κ2) is 6.24. The summed E-state index contributed by atoms with van der Waals surface area (Å²) < 4.78 is 46.1. The molecule has 0 radical (unpaired) electrons. The summed E-state index contributed by atoms with van der Waals surface area (Å²) in [6, 6.07) is 8.66. The molecule has 0 aliphatic carbocycles. The van der Waals surface area contributed by atoms with Crippen molar-refractivity contribution in [2.45, 2.75) is 44.6 Å². The molecule has 2 atom stereocenters. The minimum atomic E-state index is -4.64. The first-order valence-electron chi connectivity index (χ1n) is 7.24. The van der Waals surface area contributed by atoms with Crippen LogP contribution in [0, 0.1) is 5.92 Å². The number of benzene rings is 1. The van der Waals surface area contributed by atoms with Crippen LogP contribution in [0.4, 0.5) is 13.2 Å². The number of hydrogen-bond donors (Lipinski definition) is 0. The number of ketones is 1. The van der Waals surface area contributed by atoms with Crippen molar-refractivity contribution in [2.75, 3.05) is 0 Å². The summed E-state index contributed by atoms with van der Waals surface area (Å²) in [6.45, 7) is 3.51. The van der Waals surface area contributed by atoms with E-state index in [9.17, 15) is 18.0 Å². The minimum Gasteiger partial charge on any atom is -0.357 e. The quantitative estimate of drug-likeness (QED) is 0.826. The molecule has 1 aliphatic rings. The summed E-state index contributed by atoms with van der Waals surface area (Å²) in [7, 11) is 0. The van der Waals surface area contributed by atoms with Crippen LogP contribution in [0.15, 0.2) is 36.4 Å². The highest BCUT2D eigenvalue weighted by molar-refractivity contribution is 5.81. The van der Waals surface area contributed by atoms with Gasteiger partial charge in [0, 0.05) is 12.8 Å². The number of alkyl halides is 3. The molecule has 0 saturated carbocycles. The number of Topliss-reactive ketones (excluding diaryl/α,β-unsaturated/α-hetero) is 1. The second-order valence-electron chi connectivity index (χ2n) is 5.95. The van der Waals surface area contributed by atoms with Gasteiger partial charge in [0.05, 0.1) is 6.10 Å². The maximum atomic E-state index is 13.6. The molecule has 1 heterocycles. The standard InChI is InChI=1S/C17H19F3O2/c1-12(2)15-10-14(21)11-16(22-15,17(18,19)20)9-8-13-6-4-3-5-7-13/h3-9,12,15H,10-11H2,1-2H3/b9-8+/t15-,16?/m0/s1. The van der Waals surface area contributed by atoms with E-state index in [-0.39, 0.29) is 12.3 Å². The number of carbonyl (C=O) groups excluding carboxylic acids is 1. The molecule has 120 valence electrons. The topological polar surface area (TPSA) is 26.3 Å². The van der Waals surface area contributed by atoms with Gasteiger partial charge < -0.3 is 4.74 Å². The van der Waals surface area contributed by atoms with Gasteiger partial charge in [-0.1, -0.05) is 50.3 Å². The Balaban J connectivity index is 2.36. The first kappa shape index (κ1) is 16.7. The number of ether oxygens (including phenoxy) is 1. The lowest BCUT2D eigenvalue weighted by Gasteiger charge is -2.41. The summed E-state index contributed by atoms with van der Waals surface area (Å²) in [5.74, 6) is -0.573. The third-order valence-electron chi connectivity index (χ3n) is 3.82. The number of halogens is 3. The van der Waals surface area contributed by atoms with Crippen molar-refractivity contribution in [1.82, 2.24) is 0 Å². The molecule has 1 unspecified atom stereocenters. The van der Waals surface area contributed by atoms with Gasteiger partial charge in [-0.15, -0.1) is 0 Å². The van der Waals surface area contributed by atoms with Crippen molar-refractivity contribution < 1.29 is 22.7 Å². The predicted octanol–water partition coefficient (Wildman–Crippen LogP) is 4.41. The van der Waals surface area contributed by atoms with Crippen LogP contribution in [0.5, 0.6) is 0 Å². The molecule has 1 saturated heterocycles. The fraction of sp³-hybridized carbons (Fsp3) is 0.471. The molecule has 1 aromatic carbocycles. The van der Waals surface area contributed by atoms with E-state index in [0.29, 0.717) is 5.56 Å². The molecule has 0 aromatic heterocycles. The Hall–Kier alpha value is -1.62. The summed E-state index contributed by atoms with van der Waals surface area (Å²) >= 11 is 0. The third kappa shape index (κ3) is 3.58. The van der Waals surface area contributed by atoms with Crippen molar-refractivity contribution in [3.05, 3.63) is 42.0 Å². The van der Waals surface area contributed by atoms with Crippen LogP contribution in [0.25, 0.3) is 6.08 Å². The molecule has 2 rings (SSSR count). The van der Waals surface area contributed by atoms with Crippen LogP contribution in [0.2, 0.25) is 0 Å². The van der Waals surface area contributed by atoms with Crippen LogP contribution in [-0.2, 0) is 9.53 Å². The average molecular weight is 312 g/mol. The maximum absolute atomic E-state index is 13.6. The Kier molecular flexibility index (Phi) is 4.75. The molecule has 0 N–H and O–H groups in total. The Morgan fingerprint density at radius 3 is 2.45 bits per heavy atom. The highest BCUT2D eigenvalue weighted by Gasteiger charge is 2.58. The molecular formula is C17H19F3O2. The molecule has 1 aliphatic heterocycles. The van der Waals surface area contributed by atoms with E-state index in [2.05, 4.69) is 0 Å². The highest BCUT2D eigenvalue weighted by atomic mass is 19.4. The van der Waals surface area contributed by atoms with Crippen LogP contribution in [0.3, 0.4) is 0 Å². The van der Waals surface area contributed by atoms with Gasteiger partial charge in [0.25, 0.3) is 0 Å². The Morgan fingerprint density at radius 2 is 1.91 bits per heavy atom. The molecule has 0 bridgehead atoms. The normalized spacial score (nSPS) is 26.8. The van der Waals surface area contributed by atoms with Crippen LogP contribution in [0.1, 0.15) is 32.3 Å². The van der Waals surface area contributed by atoms with Gasteiger partial charge in [-0.05, 0) is 17.6 Å². The van der Waals surface area contributed by atoms with Crippen molar-refractivity contribution >= 4 is 11.9 Å². The SMILES string of the molecule is CC(C)[C@@H]1CC(=O)CC(/C=C/c2ccccc2)(C(F)(F)F)O1. The first-order chi connectivity index (χ1) is 10.2. The van der Waals surface area contributed by atoms with Gasteiger partial charge in [0.15, 0.2) is 5.60 Å². The Morgan fingerprint density at radius 1 is 1.27 bits per heavy atom. The zero-order chi connectivity index (χ0) is 16.4. The summed E-state index contributed by atoms with van der Waals surface area (Å²) in [5, 5.41) is 0. The largest absolute Gasteiger partial charge is 0.421 e. The first-order valence-corrected chi connectivity index (χ1v) is 7.24. The van der Waals surface area contributed by atoms with E-state index < -0.39 is 30.1 Å². The van der Waals surface area contributed by atoms with E-state index in [1.807, 2.05) is 0 Å². The molecule has 0 spiro atoms. The van der Waals surface area contributed by atoms with Gasteiger partial charge in [-0.25, -0.2) is 0 Å². The van der Waals surface area contributed by atoms with Crippen LogP contribution < -0.4 is 0 Å². The van der Waals surface area contributed by atoms with Crippen molar-refractivity contribution in [3.63, 3.8) is 0 Å². The molecule has 1 aromatic rings. The van der Waals surface area contributed by atoms with Crippen LogP contribution in [-0.4, -0.2) is 23.7 Å². The zero-order valence-electron chi connectivity index (χ0n) is 12.6. The van der Waals surface area contributed by atoms with Crippen LogP contribution >= 0.6 is 0 Å². The smallest absolute Gasteiger partial charge is 0.357 e.